The number of aromatic nitrogens is 2. The van der Waals surface area contributed by atoms with Crippen molar-refractivity contribution in [2.45, 2.75) is 0 Å². The van der Waals surface area contributed by atoms with Crippen LogP contribution in [0.15, 0.2) is 36.7 Å². The summed E-state index contributed by atoms with van der Waals surface area (Å²) in [4.78, 5) is 9.31. The molecule has 0 saturated heterocycles. The molecular formula is C14H12FN5. The minimum Gasteiger partial charge on any atom is -0.376 e. The first-order chi connectivity index (χ1) is 9.56. The number of nitrogens with zero attached hydrogens (tertiary/aromatic N) is 5. The van der Waals surface area contributed by atoms with Crippen LogP contribution in [0.5, 0.6) is 0 Å². The maximum atomic E-state index is 12.1. The summed E-state index contributed by atoms with van der Waals surface area (Å²) in [5.74, 6) is -0.422. The van der Waals surface area contributed by atoms with Crippen LogP contribution in [0.2, 0.25) is 0 Å². The normalized spacial score (nSPS) is 8.65. The Labute approximate surface area is 116 Å². The van der Waals surface area contributed by atoms with Crippen molar-refractivity contribution in [3.63, 3.8) is 0 Å². The van der Waals surface area contributed by atoms with Crippen molar-refractivity contribution < 1.29 is 4.39 Å². The molecule has 2 heterocycles. The van der Waals surface area contributed by atoms with Crippen molar-refractivity contribution in [2.75, 3.05) is 19.0 Å². The predicted molar refractivity (Wildman–Crippen MR) is 72.2 cm³/mol. The van der Waals surface area contributed by atoms with Crippen LogP contribution in [-0.2, 0) is 0 Å². The standard InChI is InChI=1S/C8H9N3.C6H3FN2/c1-11(2)8-4-3-7(5-9)10-6-8;7-5-1-2-6(3-8)9-4-5/h3-4,6H,1-2H3;1-2,4H. The van der Waals surface area contributed by atoms with Crippen molar-refractivity contribution in [1.82, 2.24) is 9.97 Å². The average molecular weight is 269 g/mol. The Balaban J connectivity index is 0.000000204. The van der Waals surface area contributed by atoms with Crippen molar-refractivity contribution in [3.05, 3.63) is 53.9 Å². The fourth-order valence-electron chi connectivity index (χ4n) is 1.16. The average Bonchev–Trinajstić information content (AvgIpc) is 2.49. The molecule has 0 aliphatic carbocycles. The molecule has 0 fully saturated rings. The number of anilines is 1. The van der Waals surface area contributed by atoms with Gasteiger partial charge in [-0.05, 0) is 24.3 Å². The van der Waals surface area contributed by atoms with Crippen molar-refractivity contribution in [1.29, 1.82) is 10.5 Å². The molecule has 0 bridgehead atoms. The summed E-state index contributed by atoms with van der Waals surface area (Å²) in [6, 6.07) is 9.84. The molecule has 0 spiro atoms. The molecule has 0 aliphatic heterocycles. The van der Waals surface area contributed by atoms with Crippen molar-refractivity contribution in [3.8, 4) is 12.1 Å². The van der Waals surface area contributed by atoms with Crippen LogP contribution in [0.3, 0.4) is 0 Å². The molecule has 2 rings (SSSR count). The number of hydrogen-bond acceptors (Lipinski definition) is 5. The van der Waals surface area contributed by atoms with Gasteiger partial charge in [0.1, 0.15) is 29.3 Å². The van der Waals surface area contributed by atoms with E-state index in [4.69, 9.17) is 10.5 Å². The highest BCUT2D eigenvalue weighted by molar-refractivity contribution is 5.43. The zero-order chi connectivity index (χ0) is 15.0. The Hall–Kier alpha value is -2.99. The van der Waals surface area contributed by atoms with Gasteiger partial charge in [0.05, 0.1) is 18.1 Å². The molecule has 0 radical (unpaired) electrons. The molecular weight excluding hydrogens is 257 g/mol. The van der Waals surface area contributed by atoms with E-state index in [9.17, 15) is 4.39 Å². The topological polar surface area (TPSA) is 76.6 Å². The van der Waals surface area contributed by atoms with E-state index in [1.807, 2.05) is 31.1 Å². The maximum absolute atomic E-state index is 12.1. The molecule has 20 heavy (non-hydrogen) atoms. The first-order valence-electron chi connectivity index (χ1n) is 5.62. The van der Waals surface area contributed by atoms with Gasteiger partial charge in [0.2, 0.25) is 0 Å². The molecule has 2 aromatic heterocycles. The number of rotatable bonds is 1. The van der Waals surface area contributed by atoms with E-state index in [0.29, 0.717) is 5.69 Å². The summed E-state index contributed by atoms with van der Waals surface area (Å²) in [5.41, 5.74) is 1.69. The van der Waals surface area contributed by atoms with Gasteiger partial charge >= 0.3 is 0 Å². The Kier molecular flexibility index (Phi) is 5.61. The number of pyridine rings is 2. The zero-order valence-corrected chi connectivity index (χ0v) is 11.1. The third-order valence-corrected chi connectivity index (χ3v) is 2.22. The summed E-state index contributed by atoms with van der Waals surface area (Å²) in [6.07, 6.45) is 2.69. The van der Waals surface area contributed by atoms with Crippen LogP contribution >= 0.6 is 0 Å². The van der Waals surface area contributed by atoms with Gasteiger partial charge in [0.25, 0.3) is 0 Å². The first-order valence-corrected chi connectivity index (χ1v) is 5.62. The molecule has 5 nitrogen and oxygen atoms in total. The lowest BCUT2D eigenvalue weighted by Crippen LogP contribution is -2.08. The van der Waals surface area contributed by atoms with Gasteiger partial charge in [-0.1, -0.05) is 0 Å². The molecule has 0 amide bonds. The molecule has 0 aromatic carbocycles. The minimum atomic E-state index is -0.422. The Morgan fingerprint density at radius 1 is 0.950 bits per heavy atom. The summed E-state index contributed by atoms with van der Waals surface area (Å²) in [7, 11) is 3.87. The highest BCUT2D eigenvalue weighted by Crippen LogP contribution is 2.07. The van der Waals surface area contributed by atoms with E-state index < -0.39 is 5.82 Å². The smallest absolute Gasteiger partial charge is 0.141 e. The number of nitriles is 2. The fraction of sp³-hybridized carbons (Fsp3) is 0.143. The lowest BCUT2D eigenvalue weighted by atomic mass is 10.3. The summed E-state index contributed by atoms with van der Waals surface area (Å²) in [5, 5.41) is 16.6. The second kappa shape index (κ2) is 7.45. The lowest BCUT2D eigenvalue weighted by Gasteiger charge is -2.10. The second-order valence-corrected chi connectivity index (χ2v) is 3.88. The molecule has 0 saturated carbocycles. The highest BCUT2D eigenvalue weighted by atomic mass is 19.1. The highest BCUT2D eigenvalue weighted by Gasteiger charge is 1.94. The van der Waals surface area contributed by atoms with E-state index in [2.05, 4.69) is 9.97 Å². The second-order valence-electron chi connectivity index (χ2n) is 3.88. The van der Waals surface area contributed by atoms with E-state index in [1.54, 1.807) is 18.3 Å². The quantitative estimate of drug-likeness (QED) is 0.792. The van der Waals surface area contributed by atoms with Crippen molar-refractivity contribution >= 4 is 5.69 Å². The van der Waals surface area contributed by atoms with Crippen LogP contribution in [0, 0.1) is 28.5 Å². The molecule has 0 N–H and O–H groups in total. The van der Waals surface area contributed by atoms with Crippen LogP contribution in [-0.4, -0.2) is 24.1 Å². The van der Waals surface area contributed by atoms with E-state index >= 15 is 0 Å². The molecule has 0 unspecified atom stereocenters. The van der Waals surface area contributed by atoms with Gasteiger partial charge in [0.15, 0.2) is 0 Å². The lowest BCUT2D eigenvalue weighted by molar-refractivity contribution is 0.621. The fourth-order valence-corrected chi connectivity index (χ4v) is 1.16. The van der Waals surface area contributed by atoms with E-state index in [-0.39, 0.29) is 5.69 Å². The molecule has 0 atom stereocenters. The third kappa shape index (κ3) is 4.71. The zero-order valence-electron chi connectivity index (χ0n) is 11.1. The molecule has 100 valence electrons. The van der Waals surface area contributed by atoms with Gasteiger partial charge in [-0.3, -0.25) is 0 Å². The van der Waals surface area contributed by atoms with Gasteiger partial charge < -0.3 is 4.90 Å². The Morgan fingerprint density at radius 3 is 1.85 bits per heavy atom. The Bertz CT molecular complexity index is 621. The van der Waals surface area contributed by atoms with Gasteiger partial charge in [0, 0.05) is 14.1 Å². The maximum Gasteiger partial charge on any atom is 0.141 e. The minimum absolute atomic E-state index is 0.233. The monoisotopic (exact) mass is 269 g/mol. The van der Waals surface area contributed by atoms with E-state index in [0.717, 1.165) is 11.9 Å². The van der Waals surface area contributed by atoms with Gasteiger partial charge in [-0.2, -0.15) is 10.5 Å². The van der Waals surface area contributed by atoms with Crippen LogP contribution in [0.4, 0.5) is 10.1 Å². The summed E-state index contributed by atoms with van der Waals surface area (Å²) in [6.45, 7) is 0. The molecule has 2 aromatic rings. The third-order valence-electron chi connectivity index (χ3n) is 2.22. The van der Waals surface area contributed by atoms with Crippen LogP contribution < -0.4 is 4.90 Å². The van der Waals surface area contributed by atoms with Gasteiger partial charge in [-0.15, -0.1) is 0 Å². The predicted octanol–water partition coefficient (Wildman–Crippen LogP) is 2.11. The largest absolute Gasteiger partial charge is 0.376 e. The number of halogens is 1. The summed E-state index contributed by atoms with van der Waals surface area (Å²) < 4.78 is 12.1. The van der Waals surface area contributed by atoms with Crippen LogP contribution in [0.1, 0.15) is 11.4 Å². The SMILES string of the molecule is CN(C)c1ccc(C#N)nc1.N#Cc1ccc(F)cn1. The van der Waals surface area contributed by atoms with Gasteiger partial charge in [-0.25, -0.2) is 14.4 Å². The first kappa shape index (κ1) is 15.1. The Morgan fingerprint density at radius 2 is 1.50 bits per heavy atom. The molecule has 6 heteroatoms. The number of hydrogen-bond donors (Lipinski definition) is 0. The summed E-state index contributed by atoms with van der Waals surface area (Å²) >= 11 is 0. The van der Waals surface area contributed by atoms with Crippen molar-refractivity contribution in [2.24, 2.45) is 0 Å². The van der Waals surface area contributed by atoms with Crippen LogP contribution in [0.25, 0.3) is 0 Å². The molecule has 0 aliphatic rings. The van der Waals surface area contributed by atoms with E-state index in [1.165, 1.54) is 12.1 Å².